The van der Waals surface area contributed by atoms with Crippen molar-refractivity contribution in [1.82, 2.24) is 24.5 Å². The number of rotatable bonds is 5. The van der Waals surface area contributed by atoms with Crippen LogP contribution in [-0.2, 0) is 16.6 Å². The fourth-order valence-corrected chi connectivity index (χ4v) is 4.91. The number of carbonyl (C=O) groups excluding carboxylic acids is 1. The Labute approximate surface area is 217 Å². The first kappa shape index (κ1) is 25.0. The van der Waals surface area contributed by atoms with Crippen molar-refractivity contribution in [2.24, 2.45) is 0 Å². The molecule has 0 radical (unpaired) electrons. The van der Waals surface area contributed by atoms with Crippen molar-refractivity contribution in [3.05, 3.63) is 77.8 Å². The number of piperidine rings is 1. The largest absolute Gasteiger partial charge is 0.312 e. The van der Waals surface area contributed by atoms with Crippen molar-refractivity contribution in [2.45, 2.75) is 51.5 Å². The Morgan fingerprint density at radius 2 is 1.95 bits per heavy atom. The second kappa shape index (κ2) is 9.67. The van der Waals surface area contributed by atoms with Crippen LogP contribution in [0.1, 0.15) is 50.6 Å². The highest BCUT2D eigenvalue weighted by Gasteiger charge is 2.28. The van der Waals surface area contributed by atoms with Gasteiger partial charge in [-0.15, -0.1) is 0 Å². The van der Waals surface area contributed by atoms with Crippen molar-refractivity contribution in [3.63, 3.8) is 0 Å². The molecule has 1 aliphatic heterocycles. The molecule has 1 aromatic carbocycles. The Hall–Kier alpha value is -3.65. The lowest BCUT2D eigenvalue weighted by atomic mass is 9.88. The van der Waals surface area contributed by atoms with Crippen LogP contribution in [0.5, 0.6) is 0 Å². The maximum atomic E-state index is 15.1. The van der Waals surface area contributed by atoms with Crippen LogP contribution in [0.2, 0.25) is 0 Å². The third-order valence-electron chi connectivity index (χ3n) is 7.16. The van der Waals surface area contributed by atoms with Crippen LogP contribution < -0.4 is 4.90 Å². The molecule has 1 atom stereocenters. The van der Waals surface area contributed by atoms with Crippen LogP contribution in [0.15, 0.2) is 55.0 Å². The molecule has 3 aromatic heterocycles. The van der Waals surface area contributed by atoms with Crippen molar-refractivity contribution in [2.75, 3.05) is 25.5 Å². The van der Waals surface area contributed by atoms with Crippen molar-refractivity contribution in [1.29, 1.82) is 0 Å². The normalized spacial score (nSPS) is 16.7. The van der Waals surface area contributed by atoms with E-state index in [0.717, 1.165) is 28.8 Å². The van der Waals surface area contributed by atoms with Gasteiger partial charge in [-0.25, -0.2) is 18.9 Å². The fraction of sp³-hybridized carbons (Fsp3) is 0.379. The van der Waals surface area contributed by atoms with Gasteiger partial charge in [0.05, 0.1) is 17.4 Å². The van der Waals surface area contributed by atoms with E-state index in [1.54, 1.807) is 17.2 Å². The molecule has 1 unspecified atom stereocenters. The second-order valence-electron chi connectivity index (χ2n) is 11.0. The Morgan fingerprint density at radius 3 is 2.65 bits per heavy atom. The number of pyridine rings is 1. The van der Waals surface area contributed by atoms with E-state index in [4.69, 9.17) is 4.98 Å². The highest BCUT2D eigenvalue weighted by molar-refractivity contribution is 5.94. The average molecular weight is 501 g/mol. The Kier molecular flexibility index (Phi) is 6.54. The molecular weight excluding hydrogens is 467 g/mol. The molecule has 1 aliphatic rings. The van der Waals surface area contributed by atoms with Gasteiger partial charge in [0.25, 0.3) is 0 Å². The number of hydrogen-bond donors (Lipinski definition) is 0. The van der Waals surface area contributed by atoms with Crippen molar-refractivity contribution < 1.29 is 9.18 Å². The van der Waals surface area contributed by atoms with E-state index in [2.05, 4.69) is 41.8 Å². The summed E-state index contributed by atoms with van der Waals surface area (Å²) in [5, 5.41) is 4.48. The number of benzene rings is 1. The van der Waals surface area contributed by atoms with Gasteiger partial charge < -0.3 is 9.80 Å². The van der Waals surface area contributed by atoms with Crippen LogP contribution >= 0.6 is 0 Å². The summed E-state index contributed by atoms with van der Waals surface area (Å²) < 4.78 is 17.0. The molecular formula is C29H33FN6O. The molecule has 0 aliphatic carbocycles. The van der Waals surface area contributed by atoms with Gasteiger partial charge in [0.2, 0.25) is 5.91 Å². The summed E-state index contributed by atoms with van der Waals surface area (Å²) in [6.45, 7) is 7.09. The van der Waals surface area contributed by atoms with E-state index in [1.807, 2.05) is 49.2 Å². The molecule has 1 amide bonds. The van der Waals surface area contributed by atoms with Gasteiger partial charge in [-0.05, 0) is 61.8 Å². The number of nitrogens with zero attached hydrogens (tertiary/aromatic N) is 6. The summed E-state index contributed by atoms with van der Waals surface area (Å²) in [5.41, 5.74) is 5.00. The maximum absolute atomic E-state index is 15.1. The topological polar surface area (TPSA) is 66.6 Å². The zero-order valence-electron chi connectivity index (χ0n) is 22.1. The van der Waals surface area contributed by atoms with Gasteiger partial charge in [0, 0.05) is 54.6 Å². The Bertz CT molecular complexity index is 1450. The maximum Gasteiger partial charge on any atom is 0.228 e. The van der Waals surface area contributed by atoms with E-state index >= 15 is 4.39 Å². The molecule has 0 spiro atoms. The molecule has 192 valence electrons. The van der Waals surface area contributed by atoms with Gasteiger partial charge in [0.1, 0.15) is 11.6 Å². The predicted octanol–water partition coefficient (Wildman–Crippen LogP) is 4.88. The smallest absolute Gasteiger partial charge is 0.228 e. The zero-order valence-corrected chi connectivity index (χ0v) is 22.1. The highest BCUT2D eigenvalue weighted by Crippen LogP contribution is 2.29. The van der Waals surface area contributed by atoms with Gasteiger partial charge in [-0.2, -0.15) is 5.10 Å². The summed E-state index contributed by atoms with van der Waals surface area (Å²) in [4.78, 5) is 25.5. The number of aromatic nitrogens is 4. The molecule has 4 aromatic rings. The molecule has 0 saturated carbocycles. The average Bonchev–Trinajstić information content (AvgIpc) is 3.29. The van der Waals surface area contributed by atoms with Gasteiger partial charge in [-0.1, -0.05) is 26.8 Å². The zero-order chi connectivity index (χ0) is 26.3. The van der Waals surface area contributed by atoms with Gasteiger partial charge in [0.15, 0.2) is 0 Å². The third-order valence-corrected chi connectivity index (χ3v) is 7.16. The summed E-state index contributed by atoms with van der Waals surface area (Å²) in [6, 6.07) is 11.2. The first-order chi connectivity index (χ1) is 17.6. The molecule has 4 heterocycles. The number of fused-ring (bicyclic) bond motifs is 1. The molecule has 1 fully saturated rings. The lowest BCUT2D eigenvalue weighted by molar-refractivity contribution is -0.120. The fourth-order valence-electron chi connectivity index (χ4n) is 4.91. The molecule has 5 rings (SSSR count). The molecule has 8 heteroatoms. The van der Waals surface area contributed by atoms with Crippen LogP contribution in [0.25, 0.3) is 16.8 Å². The minimum absolute atomic E-state index is 0.0258. The molecule has 0 N–H and O–H groups in total. The predicted molar refractivity (Wildman–Crippen MR) is 143 cm³/mol. The van der Waals surface area contributed by atoms with E-state index in [9.17, 15) is 4.79 Å². The number of carbonyl (C=O) groups is 1. The van der Waals surface area contributed by atoms with Crippen molar-refractivity contribution >= 4 is 17.1 Å². The van der Waals surface area contributed by atoms with Crippen LogP contribution in [0, 0.1) is 5.82 Å². The molecule has 1 saturated heterocycles. The Balaban J connectivity index is 1.36. The van der Waals surface area contributed by atoms with E-state index in [0.29, 0.717) is 30.0 Å². The van der Waals surface area contributed by atoms with Gasteiger partial charge >= 0.3 is 0 Å². The van der Waals surface area contributed by atoms with Crippen LogP contribution in [-0.4, -0.2) is 57.1 Å². The molecule has 0 bridgehead atoms. The standard InChI is InChI=1S/C29H33FN6O/c1-29(2,3)23-18-32-36-13-9-20(14-26(23)36)25-8-11-31-27(33-25)15-19-6-7-22(16-24(19)30)35-12-10-21(34(4)5)17-28(35)37/h6-9,11,13-14,16,18,21H,10,12,15,17H2,1-5H3. The van der Waals surface area contributed by atoms with Crippen molar-refractivity contribution in [3.8, 4) is 11.3 Å². The second-order valence-corrected chi connectivity index (χ2v) is 11.0. The molecule has 37 heavy (non-hydrogen) atoms. The third kappa shape index (κ3) is 5.11. The molecule has 7 nitrogen and oxygen atoms in total. The number of hydrogen-bond acceptors (Lipinski definition) is 5. The summed E-state index contributed by atoms with van der Waals surface area (Å²) in [6.07, 6.45) is 7.13. The lowest BCUT2D eigenvalue weighted by Gasteiger charge is -2.34. The van der Waals surface area contributed by atoms with E-state index < -0.39 is 0 Å². The van der Waals surface area contributed by atoms with Crippen LogP contribution in [0.3, 0.4) is 0 Å². The minimum atomic E-state index is -0.357. The monoisotopic (exact) mass is 500 g/mol. The van der Waals surface area contributed by atoms with E-state index in [1.165, 1.54) is 6.07 Å². The number of amides is 1. The van der Waals surface area contributed by atoms with E-state index in [-0.39, 0.29) is 29.6 Å². The van der Waals surface area contributed by atoms with Gasteiger partial charge in [-0.3, -0.25) is 4.79 Å². The lowest BCUT2D eigenvalue weighted by Crippen LogP contribution is -2.45. The summed E-state index contributed by atoms with van der Waals surface area (Å²) in [7, 11) is 3.97. The Morgan fingerprint density at radius 1 is 1.14 bits per heavy atom. The highest BCUT2D eigenvalue weighted by atomic mass is 19.1. The first-order valence-corrected chi connectivity index (χ1v) is 12.7. The number of anilines is 1. The summed E-state index contributed by atoms with van der Waals surface area (Å²) in [5.74, 6) is 0.207. The quantitative estimate of drug-likeness (QED) is 0.391. The first-order valence-electron chi connectivity index (χ1n) is 12.7. The minimum Gasteiger partial charge on any atom is -0.312 e. The SMILES string of the molecule is CN(C)C1CCN(c2ccc(Cc3nccc(-c4ccn5ncc(C(C)(C)C)c5c4)n3)c(F)c2)C(=O)C1. The van der Waals surface area contributed by atoms with Crippen LogP contribution in [0.4, 0.5) is 10.1 Å². The summed E-state index contributed by atoms with van der Waals surface area (Å²) >= 11 is 0. The number of halogens is 1.